The first-order valence-corrected chi connectivity index (χ1v) is 17.4. The summed E-state index contributed by atoms with van der Waals surface area (Å²) < 4.78 is 102. The summed E-state index contributed by atoms with van der Waals surface area (Å²) in [5.74, 6) is 0. The van der Waals surface area contributed by atoms with Gasteiger partial charge in [-0.3, -0.25) is 9.47 Å². The van der Waals surface area contributed by atoms with Crippen LogP contribution in [0, 0.1) is 0 Å². The van der Waals surface area contributed by atoms with Crippen LogP contribution in [0.25, 0.3) is 0 Å². The number of hydrogen-bond acceptors (Lipinski definition) is 6. The number of halogens is 6. The van der Waals surface area contributed by atoms with Gasteiger partial charge >= 0.3 is 24.1 Å². The predicted octanol–water partition coefficient (Wildman–Crippen LogP) is 8.63. The van der Waals surface area contributed by atoms with Gasteiger partial charge in [0.25, 0.3) is 0 Å². The van der Waals surface area contributed by atoms with Crippen molar-refractivity contribution in [3.8, 4) is 0 Å². The minimum atomic E-state index is -5.05. The van der Waals surface area contributed by atoms with E-state index in [2.05, 4.69) is 10.2 Å². The Labute approximate surface area is 312 Å². The van der Waals surface area contributed by atoms with E-state index in [9.17, 15) is 35.9 Å². The molecule has 290 valence electrons. The number of benzene rings is 4. The number of nitrogens with one attached hydrogen (secondary N) is 1. The minimum Gasteiger partial charge on any atom is -0.445 e. The third-order valence-corrected chi connectivity index (χ3v) is 9.91. The van der Waals surface area contributed by atoms with Crippen LogP contribution >= 0.6 is 0 Å². The van der Waals surface area contributed by atoms with Gasteiger partial charge in [0.05, 0.1) is 54.7 Å². The van der Waals surface area contributed by atoms with Crippen molar-refractivity contribution in [2.24, 2.45) is 0 Å². The Hall–Kier alpha value is -5.41. The van der Waals surface area contributed by atoms with Gasteiger partial charge in [-0.25, -0.2) is 14.7 Å². The maximum Gasteiger partial charge on any atom is 0.416 e. The average molecular weight is 769 g/mol. The molecule has 9 nitrogen and oxygen atoms in total. The van der Waals surface area contributed by atoms with Gasteiger partial charge in [0.15, 0.2) is 0 Å². The molecule has 0 aliphatic carbocycles. The Morgan fingerprint density at radius 3 is 1.91 bits per heavy atom. The monoisotopic (exact) mass is 768 g/mol. The molecular weight excluding hydrogens is 730 g/mol. The summed E-state index contributed by atoms with van der Waals surface area (Å²) >= 11 is 0. The molecular formula is C40H38F6N4O5. The van der Waals surface area contributed by atoms with Gasteiger partial charge in [0, 0.05) is 0 Å². The highest BCUT2D eigenvalue weighted by atomic mass is 19.4. The van der Waals surface area contributed by atoms with Gasteiger partial charge < -0.3 is 14.2 Å². The zero-order valence-electron chi connectivity index (χ0n) is 29.6. The quantitative estimate of drug-likeness (QED) is 0.128. The number of piperidine rings is 1. The van der Waals surface area contributed by atoms with Crippen LogP contribution in [0.15, 0.2) is 120 Å². The van der Waals surface area contributed by atoms with Crippen LogP contribution in [-0.4, -0.2) is 45.5 Å². The molecule has 0 bridgehead atoms. The molecule has 4 aromatic carbocycles. The number of aromatic nitrogens is 3. The van der Waals surface area contributed by atoms with E-state index in [4.69, 9.17) is 14.2 Å². The molecule has 1 fully saturated rings. The van der Waals surface area contributed by atoms with Crippen molar-refractivity contribution in [3.05, 3.63) is 159 Å². The smallest absolute Gasteiger partial charge is 0.416 e. The number of carbonyl (C=O) groups is 1. The number of rotatable bonds is 12. The molecule has 0 saturated carbocycles. The highest BCUT2D eigenvalue weighted by Crippen LogP contribution is 2.46. The Bertz CT molecular complexity index is 2060. The van der Waals surface area contributed by atoms with Gasteiger partial charge in [-0.15, -0.1) is 0 Å². The topological polar surface area (TPSA) is 98.7 Å². The molecule has 5 aromatic rings. The van der Waals surface area contributed by atoms with Crippen LogP contribution in [-0.2, 0) is 50.9 Å². The fourth-order valence-corrected chi connectivity index (χ4v) is 6.89. The van der Waals surface area contributed by atoms with Crippen LogP contribution in [0.5, 0.6) is 0 Å². The molecule has 1 amide bonds. The van der Waals surface area contributed by atoms with Gasteiger partial charge in [-0.2, -0.15) is 31.4 Å². The molecule has 0 radical (unpaired) electrons. The van der Waals surface area contributed by atoms with Crippen LogP contribution in [0.3, 0.4) is 0 Å². The lowest BCUT2D eigenvalue weighted by atomic mass is 9.74. The van der Waals surface area contributed by atoms with Crippen molar-refractivity contribution in [1.29, 1.82) is 0 Å². The molecule has 15 heteroatoms. The zero-order chi connectivity index (χ0) is 39.3. The number of H-pyrrole nitrogens is 1. The lowest BCUT2D eigenvalue weighted by Gasteiger charge is -2.53. The molecule has 0 unspecified atom stereocenters. The second kappa shape index (κ2) is 16.1. The molecule has 1 aliphatic rings. The Balaban J connectivity index is 1.40. The van der Waals surface area contributed by atoms with E-state index in [0.717, 1.165) is 5.56 Å². The summed E-state index contributed by atoms with van der Waals surface area (Å²) in [5.41, 5.74) is -4.30. The van der Waals surface area contributed by atoms with Crippen LogP contribution in [0.4, 0.5) is 31.1 Å². The largest absolute Gasteiger partial charge is 0.445 e. The molecule has 2 heterocycles. The lowest BCUT2D eigenvalue weighted by molar-refractivity contribution is -0.143. The molecule has 6 rings (SSSR count). The van der Waals surface area contributed by atoms with E-state index in [-0.39, 0.29) is 57.4 Å². The minimum absolute atomic E-state index is 0.0453. The van der Waals surface area contributed by atoms with Gasteiger partial charge in [0.2, 0.25) is 0 Å². The van der Waals surface area contributed by atoms with Crippen molar-refractivity contribution in [1.82, 2.24) is 19.7 Å². The highest BCUT2D eigenvalue weighted by Gasteiger charge is 2.53. The first kappa shape index (κ1) is 39.3. The molecule has 1 saturated heterocycles. The van der Waals surface area contributed by atoms with E-state index in [1.807, 2.05) is 36.4 Å². The van der Waals surface area contributed by atoms with Crippen molar-refractivity contribution >= 4 is 6.09 Å². The lowest BCUT2D eigenvalue weighted by Crippen LogP contribution is -2.64. The third kappa shape index (κ3) is 8.94. The molecule has 3 atom stereocenters. The Morgan fingerprint density at radius 2 is 1.36 bits per heavy atom. The zero-order valence-corrected chi connectivity index (χ0v) is 29.6. The van der Waals surface area contributed by atoms with E-state index in [0.29, 0.717) is 23.3 Å². The summed E-state index contributed by atoms with van der Waals surface area (Å²) in [6.45, 7) is 0.833. The Morgan fingerprint density at radius 1 is 0.800 bits per heavy atom. The standard InChI is InChI=1S/C40H38F6N4O5/c1-28(31-19-33(39(41,42)43)21-34(20-31)40(44,45)46)55-26-38(32-15-9-4-10-16-32)18-17-37(50-27-47-48-35(50)51,25-53-22-29-11-5-2-6-12-29)24-49(38)36(52)54-23-30-13-7-3-8-14-30/h2-16,19-21,27-28H,17-18,22-26H2,1H3,(H,48,51)/t28-,37+,38-/m1/s1. The SMILES string of the molecule is C[C@@H](OC[C@@]1(c2ccccc2)CC[C@](COCc2ccccc2)(n2cn[nH]c2=O)CN1C(=O)OCc1ccccc1)c1cc(C(F)(F)F)cc(C(F)(F)F)c1. The first-order valence-electron chi connectivity index (χ1n) is 17.4. The summed E-state index contributed by atoms with van der Waals surface area (Å²) in [7, 11) is 0. The Kier molecular flexibility index (Phi) is 11.5. The predicted molar refractivity (Wildman–Crippen MR) is 188 cm³/mol. The van der Waals surface area contributed by atoms with Gasteiger partial charge in [0.1, 0.15) is 12.9 Å². The number of amides is 1. The molecule has 0 spiro atoms. The number of alkyl halides is 6. The first-order chi connectivity index (χ1) is 26.2. The number of likely N-dealkylation sites (tertiary alicyclic amines) is 1. The fraction of sp³-hybridized carbons (Fsp3) is 0.325. The van der Waals surface area contributed by atoms with Crippen molar-refractivity contribution in [2.45, 2.75) is 62.5 Å². The molecule has 1 aromatic heterocycles. The summed E-state index contributed by atoms with van der Waals surface area (Å²) in [5, 5.41) is 6.35. The van der Waals surface area contributed by atoms with Gasteiger partial charge in [-0.05, 0) is 60.2 Å². The maximum atomic E-state index is 14.5. The molecule has 1 aliphatic heterocycles. The maximum absolute atomic E-state index is 14.5. The molecule has 55 heavy (non-hydrogen) atoms. The highest BCUT2D eigenvalue weighted by molar-refractivity contribution is 5.70. The summed E-state index contributed by atoms with van der Waals surface area (Å²) in [6, 6.07) is 28.3. The fourth-order valence-electron chi connectivity index (χ4n) is 6.89. The normalized spacial score (nSPS) is 19.6. The number of nitrogens with zero attached hydrogens (tertiary/aromatic N) is 3. The van der Waals surface area contributed by atoms with Gasteiger partial charge in [-0.1, -0.05) is 91.0 Å². The van der Waals surface area contributed by atoms with E-state index < -0.39 is 52.4 Å². The average Bonchev–Trinajstić information content (AvgIpc) is 3.63. The van der Waals surface area contributed by atoms with E-state index in [1.54, 1.807) is 54.6 Å². The second-order valence-corrected chi connectivity index (χ2v) is 13.6. The van der Waals surface area contributed by atoms with Crippen LogP contribution in [0.1, 0.15) is 59.3 Å². The third-order valence-electron chi connectivity index (χ3n) is 9.91. The van der Waals surface area contributed by atoms with E-state index >= 15 is 0 Å². The van der Waals surface area contributed by atoms with Crippen molar-refractivity contribution in [3.63, 3.8) is 0 Å². The number of aromatic amines is 1. The number of ether oxygens (including phenoxy) is 3. The van der Waals surface area contributed by atoms with Crippen LogP contribution < -0.4 is 5.69 Å². The van der Waals surface area contributed by atoms with Crippen molar-refractivity contribution < 1.29 is 45.3 Å². The van der Waals surface area contributed by atoms with Crippen molar-refractivity contribution in [2.75, 3.05) is 19.8 Å². The second-order valence-electron chi connectivity index (χ2n) is 13.6. The summed E-state index contributed by atoms with van der Waals surface area (Å²) in [6.07, 6.45) is -10.6. The van der Waals surface area contributed by atoms with E-state index in [1.165, 1.54) is 22.7 Å². The number of hydrogen-bond donors (Lipinski definition) is 1. The summed E-state index contributed by atoms with van der Waals surface area (Å²) in [4.78, 5) is 29.1. The molecule has 1 N–H and O–H groups in total. The van der Waals surface area contributed by atoms with Crippen LogP contribution in [0.2, 0.25) is 0 Å². The number of carbonyl (C=O) groups excluding carboxylic acids is 1.